The summed E-state index contributed by atoms with van der Waals surface area (Å²) >= 11 is 0. The van der Waals surface area contributed by atoms with Crippen molar-refractivity contribution in [3.05, 3.63) is 36.3 Å². The van der Waals surface area contributed by atoms with Gasteiger partial charge in [0.2, 0.25) is 0 Å². The lowest BCUT2D eigenvalue weighted by Crippen LogP contribution is -2.21. The molecule has 0 aromatic carbocycles. The number of carbonyl (C=O) groups excluding carboxylic acids is 1. The Balaban J connectivity index is 1.76. The van der Waals surface area contributed by atoms with Crippen molar-refractivity contribution in [2.75, 3.05) is 10.6 Å². The molecule has 9 heteroatoms. The minimum absolute atomic E-state index is 0.208. The zero-order valence-corrected chi connectivity index (χ0v) is 14.6. The van der Waals surface area contributed by atoms with Gasteiger partial charge in [0, 0.05) is 19.2 Å². The van der Waals surface area contributed by atoms with Crippen LogP contribution in [-0.2, 0) is 7.05 Å². The summed E-state index contributed by atoms with van der Waals surface area (Å²) in [7, 11) is 1.76. The lowest BCUT2D eigenvalue weighted by Gasteiger charge is -2.11. The SMILES string of the molecule is Cc1cc(NC(=O)Nc2cccc(-c3nncn3C(C)C)n2)n(C)n1. The summed E-state index contributed by atoms with van der Waals surface area (Å²) in [4.78, 5) is 16.6. The van der Waals surface area contributed by atoms with Crippen molar-refractivity contribution in [2.24, 2.45) is 7.05 Å². The van der Waals surface area contributed by atoms with Crippen LogP contribution in [0.25, 0.3) is 11.5 Å². The highest BCUT2D eigenvalue weighted by atomic mass is 16.2. The van der Waals surface area contributed by atoms with E-state index in [0.29, 0.717) is 23.2 Å². The number of carbonyl (C=O) groups is 1. The molecule has 2 N–H and O–H groups in total. The van der Waals surface area contributed by atoms with Crippen LogP contribution in [0, 0.1) is 6.92 Å². The van der Waals surface area contributed by atoms with Crippen molar-refractivity contribution in [1.82, 2.24) is 29.5 Å². The molecule has 0 unspecified atom stereocenters. The zero-order valence-electron chi connectivity index (χ0n) is 14.6. The first-order valence-corrected chi connectivity index (χ1v) is 7.89. The van der Waals surface area contributed by atoms with Gasteiger partial charge in [-0.25, -0.2) is 9.78 Å². The molecule has 3 aromatic heterocycles. The highest BCUT2D eigenvalue weighted by Gasteiger charge is 2.13. The predicted molar refractivity (Wildman–Crippen MR) is 94.2 cm³/mol. The van der Waals surface area contributed by atoms with Crippen molar-refractivity contribution in [3.63, 3.8) is 0 Å². The molecule has 2 amide bonds. The number of rotatable bonds is 4. The number of anilines is 2. The molecule has 0 atom stereocenters. The Morgan fingerprint density at radius 3 is 2.72 bits per heavy atom. The van der Waals surface area contributed by atoms with Crippen molar-refractivity contribution >= 4 is 17.7 Å². The van der Waals surface area contributed by atoms with E-state index in [1.54, 1.807) is 30.2 Å². The number of urea groups is 1. The molecule has 0 radical (unpaired) electrons. The summed E-state index contributed by atoms with van der Waals surface area (Å²) in [5, 5.41) is 17.7. The molecule has 0 fully saturated rings. The third kappa shape index (κ3) is 3.65. The Bertz CT molecular complexity index is 895. The second-order valence-corrected chi connectivity index (χ2v) is 5.94. The Labute approximate surface area is 145 Å². The number of aromatic nitrogens is 6. The average Bonchev–Trinajstić information content (AvgIpc) is 3.14. The number of nitrogens with zero attached hydrogens (tertiary/aromatic N) is 6. The monoisotopic (exact) mass is 340 g/mol. The molecule has 3 heterocycles. The molecule has 0 bridgehead atoms. The van der Waals surface area contributed by atoms with Crippen LogP contribution in [0.3, 0.4) is 0 Å². The normalized spacial score (nSPS) is 10.9. The molecule has 0 aliphatic carbocycles. The predicted octanol–water partition coefficient (Wildman–Crippen LogP) is 2.61. The second-order valence-electron chi connectivity index (χ2n) is 5.94. The summed E-state index contributed by atoms with van der Waals surface area (Å²) < 4.78 is 3.52. The van der Waals surface area contributed by atoms with Crippen molar-refractivity contribution in [2.45, 2.75) is 26.8 Å². The third-order valence-corrected chi connectivity index (χ3v) is 3.59. The van der Waals surface area contributed by atoms with Gasteiger partial charge in [0.25, 0.3) is 0 Å². The molecule has 25 heavy (non-hydrogen) atoms. The van der Waals surface area contributed by atoms with Crippen LogP contribution in [0.1, 0.15) is 25.6 Å². The zero-order chi connectivity index (χ0) is 18.0. The first-order valence-electron chi connectivity index (χ1n) is 7.89. The Kier molecular flexibility index (Phi) is 4.46. The van der Waals surface area contributed by atoms with E-state index < -0.39 is 6.03 Å². The molecule has 0 aliphatic heterocycles. The third-order valence-electron chi connectivity index (χ3n) is 3.59. The van der Waals surface area contributed by atoms with Crippen LogP contribution < -0.4 is 10.6 Å². The summed E-state index contributed by atoms with van der Waals surface area (Å²) in [5.74, 6) is 1.68. The lowest BCUT2D eigenvalue weighted by atomic mass is 10.3. The maximum absolute atomic E-state index is 12.2. The van der Waals surface area contributed by atoms with Crippen molar-refractivity contribution < 1.29 is 4.79 Å². The summed E-state index contributed by atoms with van der Waals surface area (Å²) in [6.07, 6.45) is 1.67. The van der Waals surface area contributed by atoms with Crippen LogP contribution >= 0.6 is 0 Å². The van der Waals surface area contributed by atoms with Crippen molar-refractivity contribution in [3.8, 4) is 11.5 Å². The molecular weight excluding hydrogens is 320 g/mol. The van der Waals surface area contributed by atoms with Gasteiger partial charge in [0.1, 0.15) is 23.7 Å². The minimum Gasteiger partial charge on any atom is -0.310 e. The molecule has 0 spiro atoms. The number of hydrogen-bond donors (Lipinski definition) is 2. The van der Waals surface area contributed by atoms with Crippen LogP contribution in [-0.4, -0.2) is 35.6 Å². The van der Waals surface area contributed by atoms with Gasteiger partial charge in [-0.05, 0) is 32.9 Å². The maximum atomic E-state index is 12.2. The standard InChI is InChI=1S/C16H20N8O/c1-10(2)24-9-17-21-15(24)12-6-5-7-13(18-12)19-16(25)20-14-8-11(3)22-23(14)4/h5-10H,1-4H3,(H2,18,19,20,25). The maximum Gasteiger partial charge on any atom is 0.326 e. The largest absolute Gasteiger partial charge is 0.326 e. The first kappa shape index (κ1) is 16.6. The fourth-order valence-electron chi connectivity index (χ4n) is 2.42. The van der Waals surface area contributed by atoms with Crippen LogP contribution in [0.4, 0.5) is 16.4 Å². The Morgan fingerprint density at radius 2 is 2.04 bits per heavy atom. The van der Waals surface area contributed by atoms with Crippen molar-refractivity contribution in [1.29, 1.82) is 0 Å². The summed E-state index contributed by atoms with van der Waals surface area (Å²) in [5.41, 5.74) is 1.46. The van der Waals surface area contributed by atoms with Crippen LogP contribution in [0.15, 0.2) is 30.6 Å². The number of amides is 2. The van der Waals surface area contributed by atoms with Gasteiger partial charge in [0.15, 0.2) is 5.82 Å². The van der Waals surface area contributed by atoms with Crippen LogP contribution in [0.5, 0.6) is 0 Å². The van der Waals surface area contributed by atoms with E-state index in [9.17, 15) is 4.79 Å². The fraction of sp³-hybridized carbons (Fsp3) is 0.312. The van der Waals surface area contributed by atoms with E-state index in [-0.39, 0.29) is 6.04 Å². The highest BCUT2D eigenvalue weighted by Crippen LogP contribution is 2.19. The van der Waals surface area contributed by atoms with Gasteiger partial charge >= 0.3 is 6.03 Å². The topological polar surface area (TPSA) is 103 Å². The van der Waals surface area contributed by atoms with E-state index in [4.69, 9.17) is 0 Å². The Morgan fingerprint density at radius 1 is 1.24 bits per heavy atom. The molecule has 9 nitrogen and oxygen atoms in total. The van der Waals surface area contributed by atoms with Gasteiger partial charge in [-0.3, -0.25) is 15.3 Å². The van der Waals surface area contributed by atoms with Gasteiger partial charge in [-0.1, -0.05) is 6.07 Å². The molecule has 0 saturated carbocycles. The number of nitrogens with one attached hydrogen (secondary N) is 2. The van der Waals surface area contributed by atoms with Gasteiger partial charge < -0.3 is 4.57 Å². The smallest absolute Gasteiger partial charge is 0.310 e. The van der Waals surface area contributed by atoms with E-state index in [1.807, 2.05) is 37.5 Å². The van der Waals surface area contributed by atoms with E-state index in [0.717, 1.165) is 5.69 Å². The number of aryl methyl sites for hydroxylation is 2. The van der Waals surface area contributed by atoms with Gasteiger partial charge in [0.05, 0.1) is 5.69 Å². The molecule has 0 aliphatic rings. The molecular formula is C16H20N8O. The number of pyridine rings is 1. The average molecular weight is 340 g/mol. The minimum atomic E-state index is -0.391. The van der Waals surface area contributed by atoms with Gasteiger partial charge in [-0.15, -0.1) is 10.2 Å². The quantitative estimate of drug-likeness (QED) is 0.760. The van der Waals surface area contributed by atoms with E-state index in [2.05, 4.69) is 30.9 Å². The molecule has 3 rings (SSSR count). The first-order chi connectivity index (χ1) is 11.9. The fourth-order valence-corrected chi connectivity index (χ4v) is 2.42. The molecule has 0 saturated heterocycles. The summed E-state index contributed by atoms with van der Waals surface area (Å²) in [6.45, 7) is 5.94. The Hall–Kier alpha value is -3.23. The van der Waals surface area contributed by atoms with E-state index in [1.165, 1.54) is 0 Å². The van der Waals surface area contributed by atoms with Gasteiger partial charge in [-0.2, -0.15) is 5.10 Å². The highest BCUT2D eigenvalue weighted by molar-refractivity contribution is 5.98. The van der Waals surface area contributed by atoms with Crippen LogP contribution in [0.2, 0.25) is 0 Å². The lowest BCUT2D eigenvalue weighted by molar-refractivity contribution is 0.262. The molecule has 3 aromatic rings. The van der Waals surface area contributed by atoms with E-state index >= 15 is 0 Å². The second kappa shape index (κ2) is 6.71. The number of hydrogen-bond acceptors (Lipinski definition) is 5. The summed E-state index contributed by atoms with van der Waals surface area (Å²) in [6, 6.07) is 6.96. The molecule has 130 valence electrons.